The molecule has 18 heavy (non-hydrogen) atoms. The zero-order chi connectivity index (χ0) is 13.2. The second-order valence-electron chi connectivity index (χ2n) is 5.83. The summed E-state index contributed by atoms with van der Waals surface area (Å²) in [4.78, 5) is 0. The first-order valence-corrected chi connectivity index (χ1v) is 8.16. The van der Waals surface area contributed by atoms with Gasteiger partial charge < -0.3 is 10.1 Å². The molecule has 0 spiro atoms. The molecule has 1 rings (SSSR count). The van der Waals surface area contributed by atoms with Gasteiger partial charge >= 0.3 is 0 Å². The van der Waals surface area contributed by atoms with Gasteiger partial charge in [-0.05, 0) is 39.2 Å². The van der Waals surface area contributed by atoms with E-state index in [0.717, 1.165) is 6.54 Å². The van der Waals surface area contributed by atoms with Crippen LogP contribution in [0, 0.1) is 0 Å². The summed E-state index contributed by atoms with van der Waals surface area (Å²) in [5, 5.41) is 3.70. The predicted molar refractivity (Wildman–Crippen MR) is 79.0 cm³/mol. The Morgan fingerprint density at radius 3 is 2.44 bits per heavy atom. The molecule has 0 saturated carbocycles. The Bertz CT molecular complexity index is 196. The highest BCUT2D eigenvalue weighted by Gasteiger charge is 2.28. The fourth-order valence-electron chi connectivity index (χ4n) is 2.85. The van der Waals surface area contributed by atoms with Crippen molar-refractivity contribution < 1.29 is 4.74 Å². The minimum atomic E-state index is 0.470. The first-order chi connectivity index (χ1) is 8.77. The monoisotopic (exact) mass is 255 g/mol. The minimum Gasteiger partial charge on any atom is -0.374 e. The van der Waals surface area contributed by atoms with Crippen LogP contribution in [0.2, 0.25) is 0 Å². The van der Waals surface area contributed by atoms with Crippen LogP contribution in [0.1, 0.15) is 78.6 Å². The van der Waals surface area contributed by atoms with Gasteiger partial charge in [-0.15, -0.1) is 0 Å². The third kappa shape index (κ3) is 6.19. The quantitative estimate of drug-likeness (QED) is 0.588. The molecule has 1 fully saturated rings. The molecule has 0 aromatic rings. The first kappa shape index (κ1) is 16.0. The van der Waals surface area contributed by atoms with Crippen LogP contribution in [0.3, 0.4) is 0 Å². The van der Waals surface area contributed by atoms with Crippen molar-refractivity contribution in [2.45, 2.75) is 96.8 Å². The van der Waals surface area contributed by atoms with Crippen LogP contribution in [0.4, 0.5) is 0 Å². The van der Waals surface area contributed by atoms with Gasteiger partial charge in [0.2, 0.25) is 0 Å². The van der Waals surface area contributed by atoms with Crippen LogP contribution in [0.5, 0.6) is 0 Å². The fraction of sp³-hybridized carbons (Fsp3) is 1.00. The highest BCUT2D eigenvalue weighted by molar-refractivity contribution is 4.82. The van der Waals surface area contributed by atoms with Crippen molar-refractivity contribution in [1.82, 2.24) is 5.32 Å². The second-order valence-corrected chi connectivity index (χ2v) is 5.83. The molecule has 108 valence electrons. The Morgan fingerprint density at radius 1 is 1.06 bits per heavy atom. The van der Waals surface area contributed by atoms with Crippen molar-refractivity contribution in [2.24, 2.45) is 0 Å². The molecule has 0 amide bonds. The molecule has 0 radical (unpaired) electrons. The highest BCUT2D eigenvalue weighted by atomic mass is 16.5. The number of rotatable bonds is 10. The molecule has 3 unspecified atom stereocenters. The summed E-state index contributed by atoms with van der Waals surface area (Å²) in [6.45, 7) is 7.86. The summed E-state index contributed by atoms with van der Waals surface area (Å²) in [6, 6.07) is 0.594. The number of hydrogen-bond acceptors (Lipinski definition) is 2. The van der Waals surface area contributed by atoms with E-state index in [1.165, 1.54) is 57.8 Å². The van der Waals surface area contributed by atoms with Crippen molar-refractivity contribution in [3.05, 3.63) is 0 Å². The van der Waals surface area contributed by atoms with Crippen LogP contribution >= 0.6 is 0 Å². The van der Waals surface area contributed by atoms with Gasteiger partial charge in [0, 0.05) is 6.04 Å². The number of unbranched alkanes of at least 4 members (excludes halogenated alkanes) is 4. The van der Waals surface area contributed by atoms with Gasteiger partial charge in [0.05, 0.1) is 12.2 Å². The van der Waals surface area contributed by atoms with Crippen LogP contribution in [0.25, 0.3) is 0 Å². The average molecular weight is 255 g/mol. The Hall–Kier alpha value is -0.0800. The predicted octanol–water partition coefficient (Wildman–Crippen LogP) is 4.28. The van der Waals surface area contributed by atoms with Crippen molar-refractivity contribution in [2.75, 3.05) is 6.54 Å². The van der Waals surface area contributed by atoms with Crippen molar-refractivity contribution in [3.63, 3.8) is 0 Å². The Kier molecular flexibility index (Phi) is 8.70. The lowest BCUT2D eigenvalue weighted by molar-refractivity contribution is 0.0295. The molecular weight excluding hydrogens is 222 g/mol. The van der Waals surface area contributed by atoms with Crippen molar-refractivity contribution in [1.29, 1.82) is 0 Å². The Morgan fingerprint density at radius 2 is 1.83 bits per heavy atom. The van der Waals surface area contributed by atoms with E-state index < -0.39 is 0 Å². The first-order valence-electron chi connectivity index (χ1n) is 8.16. The maximum absolute atomic E-state index is 6.04. The third-order valence-electron chi connectivity index (χ3n) is 3.99. The third-order valence-corrected chi connectivity index (χ3v) is 3.99. The van der Waals surface area contributed by atoms with Gasteiger partial charge in [-0.1, -0.05) is 46.0 Å². The SMILES string of the molecule is CCCCCCCC(NCCC)C1CCC(C)O1. The van der Waals surface area contributed by atoms with Crippen LogP contribution in [-0.2, 0) is 4.74 Å². The van der Waals surface area contributed by atoms with Gasteiger partial charge in [-0.3, -0.25) is 0 Å². The molecular formula is C16H33NO. The second kappa shape index (κ2) is 9.80. The highest BCUT2D eigenvalue weighted by Crippen LogP contribution is 2.24. The molecule has 1 heterocycles. The summed E-state index contributed by atoms with van der Waals surface area (Å²) in [5.41, 5.74) is 0. The number of hydrogen-bond donors (Lipinski definition) is 1. The van der Waals surface area contributed by atoms with Gasteiger partial charge in [0.1, 0.15) is 0 Å². The lowest BCUT2D eigenvalue weighted by atomic mass is 10.00. The molecule has 2 nitrogen and oxygen atoms in total. The maximum atomic E-state index is 6.04. The minimum absolute atomic E-state index is 0.470. The zero-order valence-electron chi connectivity index (χ0n) is 12.7. The van der Waals surface area contributed by atoms with E-state index in [0.29, 0.717) is 18.2 Å². The van der Waals surface area contributed by atoms with Gasteiger partial charge in [0.15, 0.2) is 0 Å². The molecule has 2 heteroatoms. The molecule has 0 aromatic carbocycles. The summed E-state index contributed by atoms with van der Waals surface area (Å²) < 4.78 is 6.04. The summed E-state index contributed by atoms with van der Waals surface area (Å²) >= 11 is 0. The lowest BCUT2D eigenvalue weighted by Crippen LogP contribution is -2.40. The molecule has 0 aromatic heterocycles. The molecule has 0 aliphatic carbocycles. The summed E-state index contributed by atoms with van der Waals surface area (Å²) in [5.74, 6) is 0. The van der Waals surface area contributed by atoms with Crippen LogP contribution in [0.15, 0.2) is 0 Å². The molecule has 1 aliphatic heterocycles. The standard InChI is InChI=1S/C16H33NO/c1-4-6-7-8-9-10-15(17-13-5-2)16-12-11-14(3)18-16/h14-17H,4-13H2,1-3H3. The average Bonchev–Trinajstić information content (AvgIpc) is 2.79. The van der Waals surface area contributed by atoms with E-state index in [-0.39, 0.29) is 0 Å². The van der Waals surface area contributed by atoms with E-state index in [1.54, 1.807) is 0 Å². The lowest BCUT2D eigenvalue weighted by Gasteiger charge is -2.25. The molecule has 1 aliphatic rings. The molecule has 3 atom stereocenters. The Labute approximate surface area is 114 Å². The van der Waals surface area contributed by atoms with E-state index in [9.17, 15) is 0 Å². The van der Waals surface area contributed by atoms with Gasteiger partial charge in [-0.2, -0.15) is 0 Å². The smallest absolute Gasteiger partial charge is 0.0732 e. The van der Waals surface area contributed by atoms with Crippen LogP contribution < -0.4 is 5.32 Å². The summed E-state index contributed by atoms with van der Waals surface area (Å²) in [6.07, 6.45) is 12.8. The number of nitrogens with one attached hydrogen (secondary N) is 1. The molecule has 1 saturated heterocycles. The number of ether oxygens (including phenoxy) is 1. The Balaban J connectivity index is 2.22. The zero-order valence-corrected chi connectivity index (χ0v) is 12.7. The normalized spacial score (nSPS) is 25.5. The van der Waals surface area contributed by atoms with Gasteiger partial charge in [0.25, 0.3) is 0 Å². The van der Waals surface area contributed by atoms with E-state index in [2.05, 4.69) is 26.1 Å². The maximum Gasteiger partial charge on any atom is 0.0732 e. The van der Waals surface area contributed by atoms with Crippen LogP contribution in [-0.4, -0.2) is 24.8 Å². The van der Waals surface area contributed by atoms with Crippen molar-refractivity contribution >= 4 is 0 Å². The summed E-state index contributed by atoms with van der Waals surface area (Å²) in [7, 11) is 0. The van der Waals surface area contributed by atoms with E-state index in [4.69, 9.17) is 4.74 Å². The topological polar surface area (TPSA) is 21.3 Å². The largest absolute Gasteiger partial charge is 0.374 e. The molecule has 0 bridgehead atoms. The van der Waals surface area contributed by atoms with Gasteiger partial charge in [-0.25, -0.2) is 0 Å². The van der Waals surface area contributed by atoms with E-state index in [1.807, 2.05) is 0 Å². The fourth-order valence-corrected chi connectivity index (χ4v) is 2.85. The van der Waals surface area contributed by atoms with Crippen molar-refractivity contribution in [3.8, 4) is 0 Å². The molecule has 1 N–H and O–H groups in total. The van der Waals surface area contributed by atoms with E-state index >= 15 is 0 Å².